The fourth-order valence-electron chi connectivity index (χ4n) is 6.49. The molecule has 4 unspecified atom stereocenters. The molecule has 6 rings (SSSR count). The molecule has 2 aliphatic rings. The van der Waals surface area contributed by atoms with Gasteiger partial charge < -0.3 is 19.9 Å². The van der Waals surface area contributed by atoms with Crippen LogP contribution in [0.3, 0.4) is 0 Å². The minimum absolute atomic E-state index is 0.0966. The maximum Gasteiger partial charge on any atom is 0.261 e. The van der Waals surface area contributed by atoms with Gasteiger partial charge in [0, 0.05) is 37.7 Å². The molecule has 43 heavy (non-hydrogen) atoms. The lowest BCUT2D eigenvalue weighted by Gasteiger charge is -2.36. The lowest BCUT2D eigenvalue weighted by molar-refractivity contribution is -0.147. The highest BCUT2D eigenvalue weighted by Gasteiger charge is 2.58. The normalized spacial score (nSPS) is 21.8. The van der Waals surface area contributed by atoms with Gasteiger partial charge in [-0.2, -0.15) is 0 Å². The standard InChI is InChI=1S/C36H35N3O4/c40-30(25-43-29-19-11-4-12-20-29)39-33(27-15-7-2-8-16-27)32(35(41)28-17-9-3-10-18-28)31(26-13-5-1-6-14-26)34(39)36(42)38-23-21-37-22-24-38/h1-20,31-34,37H,21-25H2. The molecule has 2 saturated heterocycles. The zero-order valence-electron chi connectivity index (χ0n) is 23.9. The summed E-state index contributed by atoms with van der Waals surface area (Å²) in [5.74, 6) is -1.29. The van der Waals surface area contributed by atoms with E-state index in [9.17, 15) is 14.4 Å². The van der Waals surface area contributed by atoms with E-state index in [1.54, 1.807) is 17.0 Å². The molecule has 4 aromatic rings. The quantitative estimate of drug-likeness (QED) is 0.309. The second-order valence-corrected chi connectivity index (χ2v) is 11.0. The minimum Gasteiger partial charge on any atom is -0.484 e. The van der Waals surface area contributed by atoms with E-state index in [0.29, 0.717) is 37.5 Å². The number of nitrogens with one attached hydrogen (secondary N) is 1. The van der Waals surface area contributed by atoms with Crippen LogP contribution in [0.5, 0.6) is 5.75 Å². The molecule has 7 nitrogen and oxygen atoms in total. The smallest absolute Gasteiger partial charge is 0.261 e. The number of carbonyl (C=O) groups excluding carboxylic acids is 3. The Bertz CT molecular complexity index is 1530. The first-order valence-electron chi connectivity index (χ1n) is 14.8. The van der Waals surface area contributed by atoms with Crippen LogP contribution in [0.15, 0.2) is 121 Å². The van der Waals surface area contributed by atoms with E-state index in [2.05, 4.69) is 5.32 Å². The highest BCUT2D eigenvalue weighted by atomic mass is 16.5. The maximum absolute atomic E-state index is 14.6. The van der Waals surface area contributed by atoms with E-state index in [1.165, 1.54) is 0 Å². The van der Waals surface area contributed by atoms with Crippen LogP contribution in [-0.2, 0) is 9.59 Å². The zero-order valence-corrected chi connectivity index (χ0v) is 23.9. The number of ketones is 1. The highest BCUT2D eigenvalue weighted by Crippen LogP contribution is 2.51. The Morgan fingerprint density at radius 2 is 1.23 bits per heavy atom. The number of likely N-dealkylation sites (tertiary alicyclic amines) is 1. The van der Waals surface area contributed by atoms with Crippen LogP contribution < -0.4 is 10.1 Å². The second-order valence-electron chi connectivity index (χ2n) is 11.0. The number of carbonyl (C=O) groups is 3. The minimum atomic E-state index is -0.893. The van der Waals surface area contributed by atoms with Crippen LogP contribution in [0.1, 0.15) is 33.4 Å². The predicted molar refractivity (Wildman–Crippen MR) is 165 cm³/mol. The van der Waals surface area contributed by atoms with Crippen LogP contribution in [0.25, 0.3) is 0 Å². The van der Waals surface area contributed by atoms with E-state index in [0.717, 1.165) is 11.1 Å². The molecule has 0 radical (unpaired) electrons. The third-order valence-corrected chi connectivity index (χ3v) is 8.43. The van der Waals surface area contributed by atoms with Crippen molar-refractivity contribution in [3.63, 3.8) is 0 Å². The third-order valence-electron chi connectivity index (χ3n) is 8.43. The number of hydrogen-bond acceptors (Lipinski definition) is 5. The van der Waals surface area contributed by atoms with Gasteiger partial charge in [-0.05, 0) is 23.3 Å². The summed E-state index contributed by atoms with van der Waals surface area (Å²) in [5, 5.41) is 3.31. The van der Waals surface area contributed by atoms with E-state index < -0.39 is 23.9 Å². The Labute approximate surface area is 252 Å². The van der Waals surface area contributed by atoms with Gasteiger partial charge in [-0.15, -0.1) is 0 Å². The van der Waals surface area contributed by atoms with Crippen molar-refractivity contribution >= 4 is 17.6 Å². The molecule has 1 N–H and O–H groups in total. The Morgan fingerprint density at radius 1 is 0.698 bits per heavy atom. The summed E-state index contributed by atoms with van der Waals surface area (Å²) in [4.78, 5) is 47.1. The summed E-state index contributed by atoms with van der Waals surface area (Å²) in [6, 6.07) is 36.1. The number of benzene rings is 4. The highest BCUT2D eigenvalue weighted by molar-refractivity contribution is 6.02. The SMILES string of the molecule is O=C(c1ccccc1)C1C(c2ccccc2)C(C(=O)N2CCNCC2)N(C(=O)COc2ccccc2)C1c1ccccc1. The Morgan fingerprint density at radius 3 is 1.84 bits per heavy atom. The van der Waals surface area contributed by atoms with Crippen LogP contribution in [0, 0.1) is 5.92 Å². The van der Waals surface area contributed by atoms with Gasteiger partial charge in [0.15, 0.2) is 12.4 Å². The maximum atomic E-state index is 14.6. The van der Waals surface area contributed by atoms with Gasteiger partial charge in [0.2, 0.25) is 5.91 Å². The lowest BCUT2D eigenvalue weighted by Crippen LogP contribution is -2.55. The fraction of sp³-hybridized carbons (Fsp3) is 0.250. The first kappa shape index (κ1) is 28.4. The van der Waals surface area contributed by atoms with Gasteiger partial charge in [0.25, 0.3) is 5.91 Å². The lowest BCUT2D eigenvalue weighted by atomic mass is 9.76. The Hall–Kier alpha value is -4.75. The number of rotatable bonds is 8. The number of para-hydroxylation sites is 1. The predicted octanol–water partition coefficient (Wildman–Crippen LogP) is 4.73. The van der Waals surface area contributed by atoms with Crippen molar-refractivity contribution in [3.05, 3.63) is 138 Å². The summed E-state index contributed by atoms with van der Waals surface area (Å²) >= 11 is 0. The monoisotopic (exact) mass is 573 g/mol. The third kappa shape index (κ3) is 5.94. The van der Waals surface area contributed by atoms with Crippen molar-refractivity contribution in [2.45, 2.75) is 18.0 Å². The molecule has 0 bridgehead atoms. The van der Waals surface area contributed by atoms with Crippen molar-refractivity contribution < 1.29 is 19.1 Å². The summed E-state index contributed by atoms with van der Waals surface area (Å²) in [6.07, 6.45) is 0. The van der Waals surface area contributed by atoms with Crippen molar-refractivity contribution in [1.82, 2.24) is 15.1 Å². The molecule has 0 saturated carbocycles. The largest absolute Gasteiger partial charge is 0.484 e. The van der Waals surface area contributed by atoms with Crippen molar-refractivity contribution in [1.29, 1.82) is 0 Å². The molecule has 4 aromatic carbocycles. The average molecular weight is 574 g/mol. The van der Waals surface area contributed by atoms with Crippen molar-refractivity contribution in [3.8, 4) is 5.75 Å². The topological polar surface area (TPSA) is 79.0 Å². The number of piperazine rings is 1. The zero-order chi connectivity index (χ0) is 29.6. The molecular formula is C36H35N3O4. The van der Waals surface area contributed by atoms with Gasteiger partial charge in [-0.25, -0.2) is 0 Å². The molecular weight excluding hydrogens is 538 g/mol. The number of hydrogen-bond donors (Lipinski definition) is 1. The molecule has 0 aromatic heterocycles. The van der Waals surface area contributed by atoms with Gasteiger partial charge in [0.1, 0.15) is 11.8 Å². The van der Waals surface area contributed by atoms with Crippen LogP contribution in [0.2, 0.25) is 0 Å². The number of amides is 2. The first-order valence-corrected chi connectivity index (χ1v) is 14.8. The molecule has 218 valence electrons. The van der Waals surface area contributed by atoms with Crippen LogP contribution >= 0.6 is 0 Å². The molecule has 2 heterocycles. The summed E-state index contributed by atoms with van der Waals surface area (Å²) < 4.78 is 5.95. The number of ether oxygens (including phenoxy) is 1. The summed E-state index contributed by atoms with van der Waals surface area (Å²) in [5.41, 5.74) is 2.21. The van der Waals surface area contributed by atoms with Crippen molar-refractivity contribution in [2.75, 3.05) is 32.8 Å². The van der Waals surface area contributed by atoms with E-state index in [1.807, 2.05) is 114 Å². The van der Waals surface area contributed by atoms with Crippen molar-refractivity contribution in [2.24, 2.45) is 5.92 Å². The average Bonchev–Trinajstić information content (AvgIpc) is 3.45. The molecule has 2 amide bonds. The molecule has 2 fully saturated rings. The Kier molecular flexibility index (Phi) is 8.61. The molecule has 0 spiro atoms. The van der Waals surface area contributed by atoms with Crippen LogP contribution in [0.4, 0.5) is 0 Å². The van der Waals surface area contributed by atoms with Gasteiger partial charge in [-0.1, -0.05) is 109 Å². The molecule has 4 atom stereocenters. The summed E-state index contributed by atoms with van der Waals surface area (Å²) in [7, 11) is 0. The van der Waals surface area contributed by atoms with E-state index in [-0.39, 0.29) is 24.2 Å². The van der Waals surface area contributed by atoms with Gasteiger partial charge >= 0.3 is 0 Å². The number of Topliss-reactive ketones (excluding diaryl/α,β-unsaturated/α-hetero) is 1. The van der Waals surface area contributed by atoms with Gasteiger partial charge in [0.05, 0.1) is 12.0 Å². The Balaban J connectivity index is 1.51. The molecule has 0 aliphatic carbocycles. The van der Waals surface area contributed by atoms with Gasteiger partial charge in [-0.3, -0.25) is 14.4 Å². The molecule has 2 aliphatic heterocycles. The van der Waals surface area contributed by atoms with Crippen LogP contribution in [-0.4, -0.2) is 66.2 Å². The van der Waals surface area contributed by atoms with E-state index >= 15 is 0 Å². The number of nitrogens with zero attached hydrogens (tertiary/aromatic N) is 2. The fourth-order valence-corrected chi connectivity index (χ4v) is 6.49. The van der Waals surface area contributed by atoms with E-state index in [4.69, 9.17) is 4.74 Å². The first-order chi connectivity index (χ1) is 21.1. The second kappa shape index (κ2) is 13.0. The molecule has 7 heteroatoms. The summed E-state index contributed by atoms with van der Waals surface area (Å²) in [6.45, 7) is 2.16.